The second-order valence-electron chi connectivity index (χ2n) is 4.48. The largest absolute Gasteiger partial charge is 0.395 e. The maximum Gasteiger partial charge on any atom is 0.0606 e. The maximum atomic E-state index is 9.21. The third-order valence-electron chi connectivity index (χ3n) is 3.43. The summed E-state index contributed by atoms with van der Waals surface area (Å²) in [6.07, 6.45) is 3.73. The number of nitrogens with zero attached hydrogens (tertiary/aromatic N) is 1. The van der Waals surface area contributed by atoms with Gasteiger partial charge in [-0.05, 0) is 37.0 Å². The minimum atomic E-state index is 0.188. The second-order valence-corrected chi connectivity index (χ2v) is 5.39. The van der Waals surface area contributed by atoms with Gasteiger partial charge in [-0.3, -0.25) is 0 Å². The Morgan fingerprint density at radius 3 is 2.71 bits per heavy atom. The highest BCUT2D eigenvalue weighted by molar-refractivity contribution is 9.10. The summed E-state index contributed by atoms with van der Waals surface area (Å²) in [5.41, 5.74) is 8.10. The lowest BCUT2D eigenvalue weighted by Gasteiger charge is -2.40. The molecule has 0 radical (unpaired) electrons. The molecule has 2 rings (SSSR count). The molecule has 94 valence electrons. The predicted octanol–water partition coefficient (Wildman–Crippen LogP) is 2.26. The van der Waals surface area contributed by atoms with Gasteiger partial charge in [0.1, 0.15) is 0 Å². The Morgan fingerprint density at radius 2 is 2.18 bits per heavy atom. The molecule has 0 heterocycles. The van der Waals surface area contributed by atoms with Crippen molar-refractivity contribution >= 4 is 21.6 Å². The van der Waals surface area contributed by atoms with Gasteiger partial charge in [0.25, 0.3) is 0 Å². The van der Waals surface area contributed by atoms with Gasteiger partial charge in [-0.1, -0.05) is 22.0 Å². The summed E-state index contributed by atoms with van der Waals surface area (Å²) in [5.74, 6) is 0. The summed E-state index contributed by atoms with van der Waals surface area (Å²) in [7, 11) is 0. The van der Waals surface area contributed by atoms with Gasteiger partial charge in [-0.15, -0.1) is 0 Å². The molecule has 1 aliphatic rings. The van der Waals surface area contributed by atoms with E-state index in [1.807, 2.05) is 6.07 Å². The number of benzene rings is 1. The van der Waals surface area contributed by atoms with Crippen LogP contribution in [0, 0.1) is 0 Å². The Bertz CT molecular complexity index is 380. The molecule has 4 heteroatoms. The van der Waals surface area contributed by atoms with E-state index in [9.17, 15) is 5.11 Å². The number of aliphatic hydroxyl groups is 1. The normalized spacial score (nSPS) is 15.7. The fourth-order valence-corrected chi connectivity index (χ4v) is 2.63. The lowest BCUT2D eigenvalue weighted by molar-refractivity contribution is 0.283. The average molecular weight is 299 g/mol. The second kappa shape index (κ2) is 5.85. The van der Waals surface area contributed by atoms with Gasteiger partial charge in [0.05, 0.1) is 6.61 Å². The number of rotatable bonds is 5. The first-order valence-corrected chi connectivity index (χ1v) is 6.91. The van der Waals surface area contributed by atoms with Crippen LogP contribution in [0.1, 0.15) is 24.8 Å². The fraction of sp³-hybridized carbons (Fsp3) is 0.538. The van der Waals surface area contributed by atoms with E-state index in [0.29, 0.717) is 19.1 Å². The standard InChI is InChI=1S/C13H19BrN2O/c14-11-5-4-10(9-15)13(8-11)16(6-7-17)12-2-1-3-12/h4-5,8,12,17H,1-3,6-7,9,15H2. The highest BCUT2D eigenvalue weighted by Gasteiger charge is 2.26. The average Bonchev–Trinajstić information content (AvgIpc) is 2.26. The molecule has 1 fully saturated rings. The number of nitrogens with two attached hydrogens (primary N) is 1. The van der Waals surface area contributed by atoms with Gasteiger partial charge in [-0.25, -0.2) is 0 Å². The molecule has 1 aromatic carbocycles. The number of aliphatic hydroxyl groups excluding tert-OH is 1. The predicted molar refractivity (Wildman–Crippen MR) is 74.1 cm³/mol. The Balaban J connectivity index is 2.29. The molecule has 0 bridgehead atoms. The highest BCUT2D eigenvalue weighted by Crippen LogP contribution is 2.33. The van der Waals surface area contributed by atoms with E-state index in [-0.39, 0.29) is 6.61 Å². The van der Waals surface area contributed by atoms with Crippen LogP contribution in [0.15, 0.2) is 22.7 Å². The van der Waals surface area contributed by atoms with Crippen LogP contribution in [0.5, 0.6) is 0 Å². The van der Waals surface area contributed by atoms with Crippen molar-refractivity contribution in [2.24, 2.45) is 5.73 Å². The van der Waals surface area contributed by atoms with Crippen molar-refractivity contribution < 1.29 is 5.11 Å². The summed E-state index contributed by atoms with van der Waals surface area (Å²) in [5, 5.41) is 9.21. The Hall–Kier alpha value is -0.580. The summed E-state index contributed by atoms with van der Waals surface area (Å²) in [6.45, 7) is 1.42. The van der Waals surface area contributed by atoms with Crippen molar-refractivity contribution in [1.82, 2.24) is 0 Å². The van der Waals surface area contributed by atoms with E-state index in [1.54, 1.807) is 0 Å². The van der Waals surface area contributed by atoms with Crippen LogP contribution in [0.2, 0.25) is 0 Å². The number of hydrogen-bond donors (Lipinski definition) is 2. The monoisotopic (exact) mass is 298 g/mol. The fourth-order valence-electron chi connectivity index (χ4n) is 2.28. The molecule has 17 heavy (non-hydrogen) atoms. The number of hydrogen-bond acceptors (Lipinski definition) is 3. The zero-order chi connectivity index (χ0) is 12.3. The van der Waals surface area contributed by atoms with Crippen LogP contribution >= 0.6 is 15.9 Å². The zero-order valence-corrected chi connectivity index (χ0v) is 11.5. The van der Waals surface area contributed by atoms with Crippen LogP contribution in [0.3, 0.4) is 0 Å². The van der Waals surface area contributed by atoms with Crippen molar-refractivity contribution in [2.45, 2.75) is 31.8 Å². The first-order valence-electron chi connectivity index (χ1n) is 6.12. The van der Waals surface area contributed by atoms with Crippen LogP contribution in [-0.4, -0.2) is 24.3 Å². The molecule has 0 aromatic heterocycles. The van der Waals surface area contributed by atoms with Gasteiger partial charge in [0.2, 0.25) is 0 Å². The molecule has 0 amide bonds. The third kappa shape index (κ3) is 2.81. The summed E-state index contributed by atoms with van der Waals surface area (Å²) >= 11 is 3.50. The van der Waals surface area contributed by atoms with Crippen molar-refractivity contribution in [1.29, 1.82) is 0 Å². The van der Waals surface area contributed by atoms with E-state index >= 15 is 0 Å². The van der Waals surface area contributed by atoms with Crippen LogP contribution < -0.4 is 10.6 Å². The molecule has 1 aromatic rings. The van der Waals surface area contributed by atoms with E-state index < -0.39 is 0 Å². The quantitative estimate of drug-likeness (QED) is 0.877. The maximum absolute atomic E-state index is 9.21. The first-order chi connectivity index (χ1) is 8.26. The van der Waals surface area contributed by atoms with Crippen LogP contribution in [0.25, 0.3) is 0 Å². The summed E-state index contributed by atoms with van der Waals surface area (Å²) < 4.78 is 1.06. The van der Waals surface area contributed by atoms with E-state index in [4.69, 9.17) is 5.73 Å². The zero-order valence-electron chi connectivity index (χ0n) is 9.90. The van der Waals surface area contributed by atoms with E-state index in [1.165, 1.54) is 24.9 Å². The van der Waals surface area contributed by atoms with E-state index in [2.05, 4.69) is 33.0 Å². The lowest BCUT2D eigenvalue weighted by atomic mass is 9.90. The molecule has 0 aliphatic heterocycles. The number of anilines is 1. The Morgan fingerprint density at radius 1 is 1.41 bits per heavy atom. The van der Waals surface area contributed by atoms with Crippen molar-refractivity contribution in [3.05, 3.63) is 28.2 Å². The molecule has 1 saturated carbocycles. The van der Waals surface area contributed by atoms with Gasteiger partial charge in [0.15, 0.2) is 0 Å². The Kier molecular flexibility index (Phi) is 4.42. The molecule has 0 spiro atoms. The highest BCUT2D eigenvalue weighted by atomic mass is 79.9. The van der Waals surface area contributed by atoms with Gasteiger partial charge in [-0.2, -0.15) is 0 Å². The van der Waals surface area contributed by atoms with Crippen LogP contribution in [-0.2, 0) is 6.54 Å². The van der Waals surface area contributed by atoms with Crippen LogP contribution in [0.4, 0.5) is 5.69 Å². The molecular formula is C13H19BrN2O. The lowest BCUT2D eigenvalue weighted by Crippen LogP contribution is -2.42. The molecule has 0 unspecified atom stereocenters. The van der Waals surface area contributed by atoms with Crippen molar-refractivity contribution in [3.63, 3.8) is 0 Å². The van der Waals surface area contributed by atoms with Crippen molar-refractivity contribution in [3.8, 4) is 0 Å². The number of halogens is 1. The molecule has 3 N–H and O–H groups in total. The van der Waals surface area contributed by atoms with E-state index in [0.717, 1.165) is 10.0 Å². The summed E-state index contributed by atoms with van der Waals surface area (Å²) in [6, 6.07) is 6.75. The molecule has 0 saturated heterocycles. The third-order valence-corrected chi connectivity index (χ3v) is 3.93. The molecular weight excluding hydrogens is 280 g/mol. The van der Waals surface area contributed by atoms with Gasteiger partial charge >= 0.3 is 0 Å². The van der Waals surface area contributed by atoms with Gasteiger partial charge < -0.3 is 15.7 Å². The SMILES string of the molecule is NCc1ccc(Br)cc1N(CCO)C1CCC1. The first kappa shape index (κ1) is 12.9. The molecule has 0 atom stereocenters. The van der Waals surface area contributed by atoms with Gasteiger partial charge in [0, 0.05) is 29.3 Å². The minimum absolute atomic E-state index is 0.188. The summed E-state index contributed by atoms with van der Waals surface area (Å²) in [4.78, 5) is 2.30. The Labute approximate surface area is 111 Å². The van der Waals surface area contributed by atoms with Crippen molar-refractivity contribution in [2.75, 3.05) is 18.1 Å². The minimum Gasteiger partial charge on any atom is -0.395 e. The molecule has 3 nitrogen and oxygen atoms in total. The topological polar surface area (TPSA) is 49.5 Å². The smallest absolute Gasteiger partial charge is 0.0606 e. The molecule has 1 aliphatic carbocycles.